The van der Waals surface area contributed by atoms with E-state index in [1.807, 2.05) is 74.0 Å². The number of fused-ring (bicyclic) bond motifs is 1. The molecule has 8 aromatic rings. The van der Waals surface area contributed by atoms with E-state index in [2.05, 4.69) is 103 Å². The van der Waals surface area contributed by atoms with Gasteiger partial charge in [-0.15, -0.1) is 59.7 Å². The van der Waals surface area contributed by atoms with Crippen LogP contribution in [0.15, 0.2) is 152 Å². The summed E-state index contributed by atoms with van der Waals surface area (Å²) in [7, 11) is 0. The quantitative estimate of drug-likeness (QED) is 0.163. The molecule has 7 heteroatoms. The molecule has 6 nitrogen and oxygen atoms in total. The summed E-state index contributed by atoms with van der Waals surface area (Å²) in [5, 5.41) is 4.39. The maximum absolute atomic E-state index is 7.01. The first-order chi connectivity index (χ1) is 23.2. The maximum Gasteiger partial charge on any atom is 0.148 e. The van der Waals surface area contributed by atoms with Gasteiger partial charge in [-0.2, -0.15) is 11.2 Å². The van der Waals surface area contributed by atoms with Crippen LogP contribution in [0, 0.1) is 25.6 Å². The minimum atomic E-state index is 0. The molecule has 3 aromatic heterocycles. The van der Waals surface area contributed by atoms with E-state index in [0.29, 0.717) is 11.5 Å². The summed E-state index contributed by atoms with van der Waals surface area (Å²) in [4.78, 5) is 12.5. The predicted octanol–water partition coefficient (Wildman–Crippen LogP) is 9.73. The number of pyridine rings is 1. The second kappa shape index (κ2) is 14.7. The molecular weight excluding hydrogens is 769 g/mol. The summed E-state index contributed by atoms with van der Waals surface area (Å²) in [6, 6.07) is 50.9. The first-order valence-electron chi connectivity index (χ1n) is 15.2. The van der Waals surface area contributed by atoms with Crippen LogP contribution in [0.4, 0.5) is 5.69 Å². The molecule has 1 radical (unpaired) electrons. The SMILES string of the molecule is [C-]#[N+]c1cc[c-]c(-c2nc3c(C)cccn3n2)c1.[Ir].[c-]1ccccc1-c1nccn1-c1c(-c2ccccc2)cccc1-c1ccccc1. The molecule has 0 aliphatic heterocycles. The molecule has 0 N–H and O–H groups in total. The number of nitrogens with zero attached hydrogens (tertiary/aromatic N) is 6. The third-order valence-corrected chi connectivity index (χ3v) is 7.75. The Hall–Kier alpha value is -5.93. The van der Waals surface area contributed by atoms with Crippen molar-refractivity contribution >= 4 is 11.3 Å². The summed E-state index contributed by atoms with van der Waals surface area (Å²) in [5.74, 6) is 1.47. The summed E-state index contributed by atoms with van der Waals surface area (Å²) >= 11 is 0. The molecule has 0 unspecified atom stereocenters. The van der Waals surface area contributed by atoms with Gasteiger partial charge in [0.05, 0.1) is 23.9 Å². The van der Waals surface area contributed by atoms with E-state index in [1.165, 1.54) is 22.3 Å². The van der Waals surface area contributed by atoms with Crippen LogP contribution in [0.5, 0.6) is 0 Å². The molecule has 0 spiro atoms. The Kier molecular flexibility index (Phi) is 9.78. The molecule has 233 valence electrons. The van der Waals surface area contributed by atoms with Crippen molar-refractivity contribution < 1.29 is 20.1 Å². The topological polar surface area (TPSA) is 52.4 Å². The average Bonchev–Trinajstić information content (AvgIpc) is 3.82. The second-order valence-corrected chi connectivity index (χ2v) is 10.8. The van der Waals surface area contributed by atoms with Crippen LogP contribution in [0.3, 0.4) is 0 Å². The average molecular weight is 797 g/mol. The summed E-state index contributed by atoms with van der Waals surface area (Å²) in [6.07, 6.45) is 5.74. The predicted molar refractivity (Wildman–Crippen MR) is 187 cm³/mol. The maximum atomic E-state index is 7.01. The van der Waals surface area contributed by atoms with Crippen molar-refractivity contribution in [3.63, 3.8) is 0 Å². The van der Waals surface area contributed by atoms with E-state index in [-0.39, 0.29) is 20.1 Å². The van der Waals surface area contributed by atoms with Gasteiger partial charge in [0.2, 0.25) is 0 Å². The van der Waals surface area contributed by atoms with Crippen molar-refractivity contribution in [1.82, 2.24) is 24.1 Å². The largest absolute Gasteiger partial charge is 0.339 e. The van der Waals surface area contributed by atoms with Gasteiger partial charge in [-0.05, 0) is 29.7 Å². The van der Waals surface area contributed by atoms with Gasteiger partial charge < -0.3 is 4.57 Å². The fraction of sp³-hybridized carbons (Fsp3) is 0.0244. The number of aryl methyl sites for hydroxylation is 1. The number of rotatable bonds is 5. The number of hydrogen-bond acceptors (Lipinski definition) is 3. The Balaban J connectivity index is 0.000000182. The first kappa shape index (κ1) is 32.0. The molecule has 0 aliphatic carbocycles. The summed E-state index contributed by atoms with van der Waals surface area (Å²) in [5.41, 5.74) is 9.99. The van der Waals surface area contributed by atoms with Crippen molar-refractivity contribution in [2.75, 3.05) is 0 Å². The minimum Gasteiger partial charge on any atom is -0.339 e. The van der Waals surface area contributed by atoms with Crippen molar-refractivity contribution in [3.05, 3.63) is 181 Å². The zero-order valence-corrected chi connectivity index (χ0v) is 28.3. The number of aromatic nitrogens is 5. The molecular formula is C41H28IrN6-2. The Morgan fingerprint density at radius 2 is 1.38 bits per heavy atom. The third-order valence-electron chi connectivity index (χ3n) is 7.75. The Morgan fingerprint density at radius 1 is 0.688 bits per heavy atom. The van der Waals surface area contributed by atoms with Crippen molar-refractivity contribution in [3.8, 4) is 50.7 Å². The van der Waals surface area contributed by atoms with Crippen LogP contribution in [-0.4, -0.2) is 24.1 Å². The molecule has 3 heterocycles. The van der Waals surface area contributed by atoms with Crippen LogP contribution in [0.1, 0.15) is 5.56 Å². The zero-order valence-electron chi connectivity index (χ0n) is 26.0. The van der Waals surface area contributed by atoms with Gasteiger partial charge >= 0.3 is 0 Å². The normalized spacial score (nSPS) is 10.4. The Morgan fingerprint density at radius 3 is 2.02 bits per heavy atom. The van der Waals surface area contributed by atoms with Crippen molar-refractivity contribution in [2.45, 2.75) is 6.92 Å². The molecule has 8 rings (SSSR count). The number of para-hydroxylation sites is 1. The summed E-state index contributed by atoms with van der Waals surface area (Å²) < 4.78 is 3.92. The van der Waals surface area contributed by atoms with Gasteiger partial charge in [0, 0.05) is 49.8 Å². The van der Waals surface area contributed by atoms with E-state index in [1.54, 1.807) is 22.7 Å². The van der Waals surface area contributed by atoms with Crippen LogP contribution in [0.2, 0.25) is 0 Å². The second-order valence-electron chi connectivity index (χ2n) is 10.8. The molecule has 0 saturated carbocycles. The number of hydrogen-bond donors (Lipinski definition) is 0. The zero-order chi connectivity index (χ0) is 32.0. The minimum absolute atomic E-state index is 0. The fourth-order valence-electron chi connectivity index (χ4n) is 5.53. The molecule has 0 atom stereocenters. The van der Waals surface area contributed by atoms with Crippen LogP contribution in [0.25, 0.3) is 61.2 Å². The third kappa shape index (κ3) is 6.63. The fourth-order valence-corrected chi connectivity index (χ4v) is 5.53. The van der Waals surface area contributed by atoms with Gasteiger partial charge in [0.15, 0.2) is 0 Å². The smallest absolute Gasteiger partial charge is 0.148 e. The molecule has 0 aliphatic rings. The van der Waals surface area contributed by atoms with E-state index >= 15 is 0 Å². The van der Waals surface area contributed by atoms with Crippen LogP contribution in [-0.2, 0) is 20.1 Å². The Labute approximate surface area is 293 Å². The molecule has 48 heavy (non-hydrogen) atoms. The number of benzene rings is 5. The van der Waals surface area contributed by atoms with E-state index in [4.69, 9.17) is 6.57 Å². The van der Waals surface area contributed by atoms with E-state index < -0.39 is 0 Å². The monoisotopic (exact) mass is 797 g/mol. The van der Waals surface area contributed by atoms with Gasteiger partial charge in [0.25, 0.3) is 0 Å². The van der Waals surface area contributed by atoms with Crippen LogP contribution >= 0.6 is 0 Å². The summed E-state index contributed by atoms with van der Waals surface area (Å²) in [6.45, 7) is 9.00. The standard InChI is InChI=1S/C27H19N2.C14H9N4.Ir/c1-4-11-21(12-5-1)24-17-10-18-25(22-13-6-2-7-14-22)26(24)29-20-19-28-27(29)23-15-8-3-9-16-23;1-10-5-4-8-18-14(10)16-13(17-18)11-6-3-7-12(9-11)15-2;/h1-15,17-20H;3-5,7-9H,1H3;/q2*-1;. The molecule has 0 amide bonds. The van der Waals surface area contributed by atoms with Gasteiger partial charge in [-0.25, -0.2) is 4.52 Å². The molecule has 0 saturated heterocycles. The molecule has 0 bridgehead atoms. The van der Waals surface area contributed by atoms with Gasteiger partial charge in [0.1, 0.15) is 11.3 Å². The van der Waals surface area contributed by atoms with E-state index in [9.17, 15) is 0 Å². The van der Waals surface area contributed by atoms with Crippen molar-refractivity contribution in [2.24, 2.45) is 0 Å². The molecule has 5 aromatic carbocycles. The number of imidazole rings is 1. The van der Waals surface area contributed by atoms with Crippen LogP contribution < -0.4 is 0 Å². The van der Waals surface area contributed by atoms with Crippen molar-refractivity contribution in [1.29, 1.82) is 0 Å². The van der Waals surface area contributed by atoms with E-state index in [0.717, 1.165) is 33.8 Å². The Bertz CT molecular complexity index is 2260. The first-order valence-corrected chi connectivity index (χ1v) is 15.2. The van der Waals surface area contributed by atoms with Gasteiger partial charge in [-0.1, -0.05) is 84.9 Å². The van der Waals surface area contributed by atoms with Gasteiger partial charge in [-0.3, -0.25) is 14.8 Å². The molecule has 0 fully saturated rings.